The highest BCUT2D eigenvalue weighted by Gasteiger charge is 2.21. The fraction of sp³-hybridized carbons (Fsp3) is 0.833. The van der Waals surface area contributed by atoms with Gasteiger partial charge in [-0.1, -0.05) is 13.8 Å². The van der Waals surface area contributed by atoms with E-state index in [2.05, 4.69) is 24.5 Å². The summed E-state index contributed by atoms with van der Waals surface area (Å²) >= 11 is 0. The van der Waals surface area contributed by atoms with E-state index < -0.39 is 6.03 Å². The zero-order valence-corrected chi connectivity index (χ0v) is 11.2. The topological polar surface area (TPSA) is 87.5 Å². The van der Waals surface area contributed by atoms with Crippen LogP contribution in [-0.4, -0.2) is 49.1 Å². The number of urea groups is 1. The zero-order valence-electron chi connectivity index (χ0n) is 11.2. The van der Waals surface area contributed by atoms with Crippen LogP contribution < -0.4 is 16.4 Å². The summed E-state index contributed by atoms with van der Waals surface area (Å²) in [4.78, 5) is 24.9. The molecule has 0 spiro atoms. The number of likely N-dealkylation sites (tertiary alicyclic amines) is 1. The lowest BCUT2D eigenvalue weighted by Gasteiger charge is -2.14. The predicted octanol–water partition coefficient (Wildman–Crippen LogP) is -0.109. The first-order valence-corrected chi connectivity index (χ1v) is 6.53. The number of amides is 3. The number of nitrogens with zero attached hydrogens (tertiary/aromatic N) is 1. The Morgan fingerprint density at radius 2 is 2.17 bits per heavy atom. The molecule has 6 nitrogen and oxygen atoms in total. The Morgan fingerprint density at radius 3 is 2.72 bits per heavy atom. The van der Waals surface area contributed by atoms with Gasteiger partial charge >= 0.3 is 6.03 Å². The van der Waals surface area contributed by atoms with Gasteiger partial charge in [-0.3, -0.25) is 15.0 Å². The molecule has 4 N–H and O–H groups in total. The maximum absolute atomic E-state index is 11.6. The standard InChI is InChI=1S/C12H24N4O2/c1-9(2)3-5-14-12(18)15-11(17)8-16-6-4-10(13)7-16/h9-10H,3-8,13H2,1-2H3,(H2,14,15,17,18)/t10-/m0/s1. The average molecular weight is 256 g/mol. The van der Waals surface area contributed by atoms with Crippen molar-refractivity contribution < 1.29 is 9.59 Å². The van der Waals surface area contributed by atoms with Crippen LogP contribution in [-0.2, 0) is 4.79 Å². The van der Waals surface area contributed by atoms with E-state index in [0.29, 0.717) is 12.5 Å². The van der Waals surface area contributed by atoms with Crippen LogP contribution >= 0.6 is 0 Å². The molecule has 1 saturated heterocycles. The molecule has 1 fully saturated rings. The molecule has 1 aliphatic heterocycles. The summed E-state index contributed by atoms with van der Waals surface area (Å²) < 4.78 is 0. The third-order valence-corrected chi connectivity index (χ3v) is 2.94. The fourth-order valence-electron chi connectivity index (χ4n) is 1.89. The van der Waals surface area contributed by atoms with E-state index in [4.69, 9.17) is 5.73 Å². The number of carbonyl (C=O) groups excluding carboxylic acids is 2. The van der Waals surface area contributed by atoms with E-state index in [1.165, 1.54) is 0 Å². The minimum Gasteiger partial charge on any atom is -0.338 e. The van der Waals surface area contributed by atoms with E-state index in [-0.39, 0.29) is 18.5 Å². The maximum Gasteiger partial charge on any atom is 0.321 e. The summed E-state index contributed by atoms with van der Waals surface area (Å²) in [6.07, 6.45) is 1.82. The van der Waals surface area contributed by atoms with Crippen LogP contribution in [0.2, 0.25) is 0 Å². The molecule has 18 heavy (non-hydrogen) atoms. The molecule has 0 aromatic carbocycles. The predicted molar refractivity (Wildman–Crippen MR) is 70.0 cm³/mol. The quantitative estimate of drug-likeness (QED) is 0.640. The summed E-state index contributed by atoms with van der Waals surface area (Å²) in [5.74, 6) is 0.262. The Bertz CT molecular complexity index is 294. The van der Waals surface area contributed by atoms with Gasteiger partial charge in [0, 0.05) is 25.7 Å². The third-order valence-electron chi connectivity index (χ3n) is 2.94. The smallest absolute Gasteiger partial charge is 0.321 e. The second kappa shape index (κ2) is 7.33. The van der Waals surface area contributed by atoms with Gasteiger partial charge < -0.3 is 11.1 Å². The van der Waals surface area contributed by atoms with Crippen molar-refractivity contribution in [3.63, 3.8) is 0 Å². The van der Waals surface area contributed by atoms with Gasteiger partial charge in [0.25, 0.3) is 0 Å². The molecule has 1 heterocycles. The molecule has 0 bridgehead atoms. The molecule has 0 unspecified atom stereocenters. The number of rotatable bonds is 5. The molecule has 1 aliphatic rings. The monoisotopic (exact) mass is 256 g/mol. The lowest BCUT2D eigenvalue weighted by molar-refractivity contribution is -0.120. The van der Waals surface area contributed by atoms with Crippen LogP contribution in [0, 0.1) is 5.92 Å². The van der Waals surface area contributed by atoms with E-state index >= 15 is 0 Å². The molecule has 1 atom stereocenters. The Hall–Kier alpha value is -1.14. The molecule has 0 aromatic rings. The number of carbonyl (C=O) groups is 2. The Morgan fingerprint density at radius 1 is 1.44 bits per heavy atom. The van der Waals surface area contributed by atoms with Crippen LogP contribution in [0.1, 0.15) is 26.7 Å². The van der Waals surface area contributed by atoms with E-state index in [0.717, 1.165) is 25.9 Å². The molecule has 0 radical (unpaired) electrons. The molecule has 0 aromatic heterocycles. The number of imide groups is 1. The van der Waals surface area contributed by atoms with Crippen molar-refractivity contribution in [1.82, 2.24) is 15.5 Å². The molecular weight excluding hydrogens is 232 g/mol. The SMILES string of the molecule is CC(C)CCNC(=O)NC(=O)CN1CC[C@H](N)C1. The summed E-state index contributed by atoms with van der Waals surface area (Å²) in [7, 11) is 0. The van der Waals surface area contributed by atoms with Crippen LogP contribution in [0.25, 0.3) is 0 Å². The Kier molecular flexibility index (Phi) is 6.07. The number of nitrogens with one attached hydrogen (secondary N) is 2. The summed E-state index contributed by atoms with van der Waals surface area (Å²) in [5, 5.41) is 4.99. The number of nitrogens with two attached hydrogens (primary N) is 1. The summed E-state index contributed by atoms with van der Waals surface area (Å²) in [6.45, 7) is 6.55. The van der Waals surface area contributed by atoms with Gasteiger partial charge in [0.1, 0.15) is 0 Å². The Balaban J connectivity index is 2.13. The first kappa shape index (κ1) is 14.9. The van der Waals surface area contributed by atoms with Gasteiger partial charge in [0.05, 0.1) is 6.54 Å². The third kappa shape index (κ3) is 5.97. The van der Waals surface area contributed by atoms with Gasteiger partial charge in [0.2, 0.25) is 5.91 Å². The molecule has 1 rings (SSSR count). The van der Waals surface area contributed by atoms with E-state index in [9.17, 15) is 9.59 Å². The fourth-order valence-corrected chi connectivity index (χ4v) is 1.89. The molecule has 0 saturated carbocycles. The number of hydrogen-bond donors (Lipinski definition) is 3. The Labute approximate surface area is 108 Å². The lowest BCUT2D eigenvalue weighted by atomic mass is 10.1. The van der Waals surface area contributed by atoms with Crippen LogP contribution in [0.4, 0.5) is 4.79 Å². The van der Waals surface area contributed by atoms with Crippen molar-refractivity contribution in [3.8, 4) is 0 Å². The zero-order chi connectivity index (χ0) is 13.5. The second-order valence-corrected chi connectivity index (χ2v) is 5.27. The average Bonchev–Trinajstić information content (AvgIpc) is 2.62. The normalized spacial score (nSPS) is 20.1. The van der Waals surface area contributed by atoms with Gasteiger partial charge in [-0.2, -0.15) is 0 Å². The molecule has 104 valence electrons. The van der Waals surface area contributed by atoms with Crippen LogP contribution in [0.3, 0.4) is 0 Å². The maximum atomic E-state index is 11.6. The first-order chi connectivity index (χ1) is 8.47. The first-order valence-electron chi connectivity index (χ1n) is 6.53. The second-order valence-electron chi connectivity index (χ2n) is 5.27. The summed E-state index contributed by atoms with van der Waals surface area (Å²) in [5.41, 5.74) is 5.74. The minimum atomic E-state index is -0.413. The van der Waals surface area contributed by atoms with Crippen LogP contribution in [0.5, 0.6) is 0 Å². The van der Waals surface area contributed by atoms with E-state index in [1.54, 1.807) is 0 Å². The minimum absolute atomic E-state index is 0.151. The van der Waals surface area contributed by atoms with Crippen molar-refractivity contribution in [2.24, 2.45) is 11.7 Å². The van der Waals surface area contributed by atoms with Crippen molar-refractivity contribution >= 4 is 11.9 Å². The lowest BCUT2D eigenvalue weighted by Crippen LogP contribution is -2.44. The van der Waals surface area contributed by atoms with Gasteiger partial charge in [0.15, 0.2) is 0 Å². The van der Waals surface area contributed by atoms with Crippen molar-refractivity contribution in [2.75, 3.05) is 26.2 Å². The highest BCUT2D eigenvalue weighted by Crippen LogP contribution is 2.05. The molecule has 0 aliphatic carbocycles. The van der Waals surface area contributed by atoms with E-state index in [1.807, 2.05) is 4.90 Å². The molecule has 3 amide bonds. The highest BCUT2D eigenvalue weighted by atomic mass is 16.2. The number of hydrogen-bond acceptors (Lipinski definition) is 4. The van der Waals surface area contributed by atoms with Gasteiger partial charge in [-0.15, -0.1) is 0 Å². The summed E-state index contributed by atoms with van der Waals surface area (Å²) in [6, 6.07) is -0.262. The largest absolute Gasteiger partial charge is 0.338 e. The van der Waals surface area contributed by atoms with Crippen LogP contribution in [0.15, 0.2) is 0 Å². The van der Waals surface area contributed by atoms with Gasteiger partial charge in [-0.25, -0.2) is 4.79 Å². The highest BCUT2D eigenvalue weighted by molar-refractivity contribution is 5.95. The van der Waals surface area contributed by atoms with Crippen molar-refractivity contribution in [1.29, 1.82) is 0 Å². The van der Waals surface area contributed by atoms with Crippen molar-refractivity contribution in [3.05, 3.63) is 0 Å². The molecular formula is C12H24N4O2. The van der Waals surface area contributed by atoms with Gasteiger partial charge in [-0.05, 0) is 18.8 Å². The van der Waals surface area contributed by atoms with Crippen molar-refractivity contribution in [2.45, 2.75) is 32.7 Å². The molecule has 6 heteroatoms.